The summed E-state index contributed by atoms with van der Waals surface area (Å²) in [4.78, 5) is 0. The summed E-state index contributed by atoms with van der Waals surface area (Å²) in [5.74, 6) is 1.04. The summed E-state index contributed by atoms with van der Waals surface area (Å²) < 4.78 is 5.58. The smallest absolute Gasteiger partial charge is 0.122 e. The number of aromatic amines is 1. The quantitative estimate of drug-likeness (QED) is 0.894. The maximum absolute atomic E-state index is 5.58. The highest BCUT2D eigenvalue weighted by Crippen LogP contribution is 2.31. The van der Waals surface area contributed by atoms with Gasteiger partial charge in [0.1, 0.15) is 5.75 Å². The van der Waals surface area contributed by atoms with E-state index in [-0.39, 0.29) is 0 Å². The molecule has 0 aliphatic carbocycles. The number of ether oxygens (including phenoxy) is 1. The van der Waals surface area contributed by atoms with E-state index in [0.717, 1.165) is 42.3 Å². The van der Waals surface area contributed by atoms with E-state index in [2.05, 4.69) is 40.6 Å². The lowest BCUT2D eigenvalue weighted by atomic mass is 10.0. The van der Waals surface area contributed by atoms with Crippen molar-refractivity contribution in [3.05, 3.63) is 40.7 Å². The van der Waals surface area contributed by atoms with Gasteiger partial charge in [0.25, 0.3) is 0 Å². The summed E-state index contributed by atoms with van der Waals surface area (Å²) in [6, 6.07) is 6.83. The minimum absolute atomic E-state index is 0.302. The predicted molar refractivity (Wildman–Crippen MR) is 80.4 cm³/mol. The molecule has 1 atom stereocenters. The van der Waals surface area contributed by atoms with Crippen LogP contribution in [0.2, 0.25) is 0 Å². The second-order valence-electron chi connectivity index (χ2n) is 5.38. The average Bonchev–Trinajstić information content (AvgIpc) is 3.04. The molecule has 1 aliphatic heterocycles. The van der Waals surface area contributed by atoms with Gasteiger partial charge in [0.05, 0.1) is 29.7 Å². The SMILES string of the molecule is CCC(Nc1c(C)n[nH]c1C)c1ccc2c(c1)CCO2. The van der Waals surface area contributed by atoms with E-state index in [9.17, 15) is 0 Å². The fraction of sp³-hybridized carbons (Fsp3) is 0.438. The first-order valence-electron chi connectivity index (χ1n) is 7.22. The summed E-state index contributed by atoms with van der Waals surface area (Å²) in [5, 5.41) is 10.9. The van der Waals surface area contributed by atoms with E-state index in [0.29, 0.717) is 6.04 Å². The molecule has 1 aromatic carbocycles. The van der Waals surface area contributed by atoms with Crippen molar-refractivity contribution >= 4 is 5.69 Å². The molecule has 106 valence electrons. The van der Waals surface area contributed by atoms with Crippen LogP contribution >= 0.6 is 0 Å². The van der Waals surface area contributed by atoms with Gasteiger partial charge in [-0.05, 0) is 43.5 Å². The van der Waals surface area contributed by atoms with Gasteiger partial charge in [-0.2, -0.15) is 5.10 Å². The monoisotopic (exact) mass is 271 g/mol. The van der Waals surface area contributed by atoms with Crippen molar-refractivity contribution < 1.29 is 4.74 Å². The van der Waals surface area contributed by atoms with E-state index in [4.69, 9.17) is 4.74 Å². The van der Waals surface area contributed by atoms with E-state index < -0.39 is 0 Å². The molecule has 0 spiro atoms. The van der Waals surface area contributed by atoms with Crippen molar-refractivity contribution in [3.63, 3.8) is 0 Å². The van der Waals surface area contributed by atoms with Gasteiger partial charge < -0.3 is 10.1 Å². The van der Waals surface area contributed by atoms with Crippen molar-refractivity contribution in [3.8, 4) is 5.75 Å². The molecule has 0 radical (unpaired) electrons. The molecule has 4 nitrogen and oxygen atoms in total. The van der Waals surface area contributed by atoms with Crippen LogP contribution in [0.1, 0.15) is 41.9 Å². The maximum Gasteiger partial charge on any atom is 0.122 e. The van der Waals surface area contributed by atoms with Crippen molar-refractivity contribution in [2.75, 3.05) is 11.9 Å². The third-order valence-corrected chi connectivity index (χ3v) is 3.97. The minimum Gasteiger partial charge on any atom is -0.493 e. The number of nitrogens with zero attached hydrogens (tertiary/aromatic N) is 1. The van der Waals surface area contributed by atoms with Crippen LogP contribution in [0.4, 0.5) is 5.69 Å². The van der Waals surface area contributed by atoms with Gasteiger partial charge in [0.2, 0.25) is 0 Å². The largest absolute Gasteiger partial charge is 0.493 e. The summed E-state index contributed by atoms with van der Waals surface area (Å²) in [6.45, 7) is 7.08. The van der Waals surface area contributed by atoms with Gasteiger partial charge in [-0.25, -0.2) is 0 Å². The summed E-state index contributed by atoms with van der Waals surface area (Å²) in [6.07, 6.45) is 2.05. The Morgan fingerprint density at radius 1 is 1.40 bits per heavy atom. The van der Waals surface area contributed by atoms with Crippen LogP contribution in [0.15, 0.2) is 18.2 Å². The van der Waals surface area contributed by atoms with Crippen LogP contribution in [0.3, 0.4) is 0 Å². The Hall–Kier alpha value is -1.97. The Labute approximate surface area is 119 Å². The predicted octanol–water partition coefficient (Wildman–Crippen LogP) is 3.52. The number of benzene rings is 1. The van der Waals surface area contributed by atoms with E-state index in [1.54, 1.807) is 0 Å². The van der Waals surface area contributed by atoms with Crippen LogP contribution in [0.5, 0.6) is 5.75 Å². The number of aryl methyl sites for hydroxylation is 2. The molecule has 1 aromatic heterocycles. The Morgan fingerprint density at radius 3 is 2.95 bits per heavy atom. The minimum atomic E-state index is 0.302. The standard InChI is InChI=1S/C16H21N3O/c1-4-14(17-16-10(2)18-19-11(16)3)12-5-6-15-13(9-12)7-8-20-15/h5-6,9,14,17H,4,7-8H2,1-3H3,(H,18,19). The molecule has 0 fully saturated rings. The fourth-order valence-electron chi connectivity index (χ4n) is 2.78. The van der Waals surface area contributed by atoms with Crippen LogP contribution in [0, 0.1) is 13.8 Å². The molecule has 0 amide bonds. The number of hydrogen-bond acceptors (Lipinski definition) is 3. The zero-order valence-corrected chi connectivity index (χ0v) is 12.3. The number of fused-ring (bicyclic) bond motifs is 1. The molecule has 2 aromatic rings. The maximum atomic E-state index is 5.58. The zero-order chi connectivity index (χ0) is 14.1. The second kappa shape index (κ2) is 5.19. The van der Waals surface area contributed by atoms with Crippen molar-refractivity contribution in [1.82, 2.24) is 10.2 Å². The number of anilines is 1. The summed E-state index contributed by atoms with van der Waals surface area (Å²) >= 11 is 0. The molecule has 0 bridgehead atoms. The highest BCUT2D eigenvalue weighted by Gasteiger charge is 2.17. The topological polar surface area (TPSA) is 49.9 Å². The second-order valence-corrected chi connectivity index (χ2v) is 5.38. The van der Waals surface area contributed by atoms with Crippen LogP contribution < -0.4 is 10.1 Å². The number of nitrogens with one attached hydrogen (secondary N) is 2. The Balaban J connectivity index is 1.87. The highest BCUT2D eigenvalue weighted by molar-refractivity contribution is 5.53. The normalized spacial score (nSPS) is 14.8. The summed E-state index contributed by atoms with van der Waals surface area (Å²) in [5.41, 5.74) is 5.87. The lowest BCUT2D eigenvalue weighted by Gasteiger charge is -2.19. The number of hydrogen-bond donors (Lipinski definition) is 2. The zero-order valence-electron chi connectivity index (χ0n) is 12.3. The van der Waals surface area contributed by atoms with E-state index in [1.807, 2.05) is 13.8 Å². The van der Waals surface area contributed by atoms with E-state index >= 15 is 0 Å². The molecule has 20 heavy (non-hydrogen) atoms. The van der Waals surface area contributed by atoms with Crippen LogP contribution in [-0.4, -0.2) is 16.8 Å². The molecular weight excluding hydrogens is 250 g/mol. The molecule has 1 unspecified atom stereocenters. The molecule has 0 saturated heterocycles. The van der Waals surface area contributed by atoms with Gasteiger partial charge in [-0.3, -0.25) is 5.10 Å². The van der Waals surface area contributed by atoms with Crippen molar-refractivity contribution in [1.29, 1.82) is 0 Å². The van der Waals surface area contributed by atoms with Crippen LogP contribution in [-0.2, 0) is 6.42 Å². The third kappa shape index (κ3) is 2.26. The number of aromatic nitrogens is 2. The molecule has 0 saturated carbocycles. The molecule has 4 heteroatoms. The Kier molecular flexibility index (Phi) is 3.38. The molecule has 2 N–H and O–H groups in total. The summed E-state index contributed by atoms with van der Waals surface area (Å²) in [7, 11) is 0. The highest BCUT2D eigenvalue weighted by atomic mass is 16.5. The third-order valence-electron chi connectivity index (χ3n) is 3.97. The molecule has 3 rings (SSSR count). The fourth-order valence-corrected chi connectivity index (χ4v) is 2.78. The first kappa shape index (κ1) is 13.0. The van der Waals surface area contributed by atoms with Gasteiger partial charge in [0, 0.05) is 6.42 Å². The van der Waals surface area contributed by atoms with Gasteiger partial charge >= 0.3 is 0 Å². The van der Waals surface area contributed by atoms with Gasteiger partial charge in [-0.15, -0.1) is 0 Å². The van der Waals surface area contributed by atoms with E-state index in [1.165, 1.54) is 11.1 Å². The Bertz CT molecular complexity index is 599. The Morgan fingerprint density at radius 2 is 2.25 bits per heavy atom. The lowest BCUT2D eigenvalue weighted by molar-refractivity contribution is 0.357. The molecular formula is C16H21N3O. The first-order valence-corrected chi connectivity index (χ1v) is 7.22. The molecule has 2 heterocycles. The van der Waals surface area contributed by atoms with Gasteiger partial charge in [0.15, 0.2) is 0 Å². The molecule has 1 aliphatic rings. The van der Waals surface area contributed by atoms with Crippen molar-refractivity contribution in [2.24, 2.45) is 0 Å². The number of rotatable bonds is 4. The first-order chi connectivity index (χ1) is 9.69. The lowest BCUT2D eigenvalue weighted by Crippen LogP contribution is -2.11. The van der Waals surface area contributed by atoms with Gasteiger partial charge in [-0.1, -0.05) is 13.0 Å². The van der Waals surface area contributed by atoms with Crippen molar-refractivity contribution in [2.45, 2.75) is 39.7 Å². The average molecular weight is 271 g/mol. The van der Waals surface area contributed by atoms with Crippen LogP contribution in [0.25, 0.3) is 0 Å². The number of H-pyrrole nitrogens is 1.